The molecule has 120 valence electrons. The number of carbonyl (C=O) groups excluding carboxylic acids is 2. The van der Waals surface area contributed by atoms with Crippen LogP contribution in [0, 0.1) is 10.1 Å². The maximum Gasteiger partial charge on any atom is 0.284 e. The molecule has 1 aromatic heterocycles. The number of primary amides is 1. The lowest BCUT2D eigenvalue weighted by atomic mass is 10.1. The second-order valence-electron chi connectivity index (χ2n) is 5.02. The lowest BCUT2D eigenvalue weighted by Gasteiger charge is -2.05. The first-order valence-electron chi connectivity index (χ1n) is 6.78. The van der Waals surface area contributed by atoms with Gasteiger partial charge in [-0.3, -0.25) is 24.3 Å². The van der Waals surface area contributed by atoms with Gasteiger partial charge in [0.1, 0.15) is 0 Å². The Hall–Kier alpha value is -3.00. The van der Waals surface area contributed by atoms with Gasteiger partial charge in [-0.25, -0.2) is 0 Å². The van der Waals surface area contributed by atoms with E-state index >= 15 is 0 Å². The van der Waals surface area contributed by atoms with Crippen LogP contribution in [0.25, 0.3) is 10.9 Å². The minimum absolute atomic E-state index is 0.127. The molecule has 0 saturated heterocycles. The second-order valence-corrected chi connectivity index (χ2v) is 5.88. The van der Waals surface area contributed by atoms with Crippen LogP contribution in [0.3, 0.4) is 0 Å². The third-order valence-electron chi connectivity index (χ3n) is 3.59. The van der Waals surface area contributed by atoms with Crippen molar-refractivity contribution in [2.45, 2.75) is 0 Å². The molecule has 3 rings (SSSR count). The number of halogens is 1. The molecule has 3 aromatic rings. The minimum atomic E-state index is -0.653. The highest BCUT2D eigenvalue weighted by Crippen LogP contribution is 2.27. The standard InChI is InChI=1S/C16H10BrN3O4/c17-12-6-5-9(7-14(12)20(23)24)16(22)19-8-11(15(18)21)10-3-1-2-4-13(10)19/h1-8H,(H2,18,21). The zero-order chi connectivity index (χ0) is 17.4. The normalized spacial score (nSPS) is 10.7. The minimum Gasteiger partial charge on any atom is -0.366 e. The summed E-state index contributed by atoms with van der Waals surface area (Å²) < 4.78 is 1.54. The van der Waals surface area contributed by atoms with Gasteiger partial charge in [0, 0.05) is 23.2 Å². The van der Waals surface area contributed by atoms with Gasteiger partial charge in [-0.2, -0.15) is 0 Å². The molecule has 7 nitrogen and oxygen atoms in total. The van der Waals surface area contributed by atoms with E-state index in [1.165, 1.54) is 29.0 Å². The molecular weight excluding hydrogens is 378 g/mol. The third-order valence-corrected chi connectivity index (χ3v) is 4.26. The predicted octanol–water partition coefficient (Wildman–Crippen LogP) is 3.10. The number of amides is 1. The molecule has 0 unspecified atom stereocenters. The molecule has 0 spiro atoms. The van der Waals surface area contributed by atoms with E-state index in [4.69, 9.17) is 5.73 Å². The van der Waals surface area contributed by atoms with Gasteiger partial charge in [-0.05, 0) is 34.1 Å². The number of rotatable bonds is 3. The van der Waals surface area contributed by atoms with Gasteiger partial charge < -0.3 is 5.73 Å². The predicted molar refractivity (Wildman–Crippen MR) is 91.0 cm³/mol. The molecule has 1 amide bonds. The largest absolute Gasteiger partial charge is 0.366 e. The van der Waals surface area contributed by atoms with Crippen molar-refractivity contribution in [3.05, 3.63) is 74.4 Å². The fourth-order valence-corrected chi connectivity index (χ4v) is 2.86. The molecule has 0 bridgehead atoms. The average Bonchev–Trinajstić information content (AvgIpc) is 2.94. The van der Waals surface area contributed by atoms with Crippen molar-refractivity contribution < 1.29 is 14.5 Å². The van der Waals surface area contributed by atoms with E-state index in [1.54, 1.807) is 24.3 Å². The number of fused-ring (bicyclic) bond motifs is 1. The number of nitro groups is 1. The Morgan fingerprint density at radius 2 is 1.88 bits per heavy atom. The lowest BCUT2D eigenvalue weighted by Crippen LogP contribution is -2.13. The summed E-state index contributed by atoms with van der Waals surface area (Å²) in [6, 6.07) is 10.9. The number of nitrogens with two attached hydrogens (primary N) is 1. The summed E-state index contributed by atoms with van der Waals surface area (Å²) in [4.78, 5) is 34.8. The molecule has 0 fully saturated rings. The fraction of sp³-hybridized carbons (Fsp3) is 0. The van der Waals surface area contributed by atoms with Gasteiger partial charge in [0.2, 0.25) is 0 Å². The number of nitro benzene ring substituents is 1. The number of nitrogens with zero attached hydrogens (tertiary/aromatic N) is 2. The van der Waals surface area contributed by atoms with Crippen LogP contribution in [-0.4, -0.2) is 21.3 Å². The number of hydrogen-bond donors (Lipinski definition) is 1. The van der Waals surface area contributed by atoms with Crippen LogP contribution in [0.1, 0.15) is 20.7 Å². The molecule has 2 aromatic carbocycles. The number of aromatic nitrogens is 1. The van der Waals surface area contributed by atoms with E-state index in [-0.39, 0.29) is 21.3 Å². The highest BCUT2D eigenvalue weighted by Gasteiger charge is 2.20. The van der Waals surface area contributed by atoms with E-state index < -0.39 is 16.7 Å². The van der Waals surface area contributed by atoms with Crippen molar-refractivity contribution in [1.82, 2.24) is 4.57 Å². The van der Waals surface area contributed by atoms with Crippen molar-refractivity contribution >= 4 is 44.3 Å². The highest BCUT2D eigenvalue weighted by molar-refractivity contribution is 9.10. The smallest absolute Gasteiger partial charge is 0.284 e. The van der Waals surface area contributed by atoms with Crippen LogP contribution < -0.4 is 5.73 Å². The molecular formula is C16H10BrN3O4. The Balaban J connectivity index is 2.18. The van der Waals surface area contributed by atoms with Crippen LogP contribution in [0.2, 0.25) is 0 Å². The zero-order valence-electron chi connectivity index (χ0n) is 12.1. The van der Waals surface area contributed by atoms with E-state index in [1.807, 2.05) is 0 Å². The first kappa shape index (κ1) is 15.9. The van der Waals surface area contributed by atoms with Crippen LogP contribution >= 0.6 is 15.9 Å². The Morgan fingerprint density at radius 3 is 2.54 bits per heavy atom. The van der Waals surface area contributed by atoms with Crippen molar-refractivity contribution in [2.75, 3.05) is 0 Å². The maximum atomic E-state index is 12.8. The molecule has 0 atom stereocenters. The Kier molecular flexibility index (Phi) is 3.90. The first-order valence-corrected chi connectivity index (χ1v) is 7.58. The molecule has 24 heavy (non-hydrogen) atoms. The summed E-state index contributed by atoms with van der Waals surface area (Å²) in [7, 11) is 0. The van der Waals surface area contributed by atoms with E-state index in [2.05, 4.69) is 15.9 Å². The summed E-state index contributed by atoms with van der Waals surface area (Å²) >= 11 is 3.08. The Bertz CT molecular complexity index is 1010. The van der Waals surface area contributed by atoms with E-state index in [0.717, 1.165) is 0 Å². The molecule has 0 aliphatic heterocycles. The van der Waals surface area contributed by atoms with E-state index in [9.17, 15) is 19.7 Å². The van der Waals surface area contributed by atoms with Gasteiger partial charge in [-0.1, -0.05) is 18.2 Å². The summed E-state index contributed by atoms with van der Waals surface area (Å²) in [5.41, 5.74) is 5.98. The average molecular weight is 388 g/mol. The summed E-state index contributed by atoms with van der Waals surface area (Å²) in [6.07, 6.45) is 1.35. The van der Waals surface area contributed by atoms with Gasteiger partial charge in [0.05, 0.1) is 20.5 Å². The molecule has 0 saturated carbocycles. The molecule has 1 heterocycles. The lowest BCUT2D eigenvalue weighted by molar-refractivity contribution is -0.385. The molecule has 2 N–H and O–H groups in total. The van der Waals surface area contributed by atoms with Crippen molar-refractivity contribution in [3.8, 4) is 0 Å². The van der Waals surface area contributed by atoms with E-state index in [0.29, 0.717) is 10.9 Å². The summed E-state index contributed by atoms with van der Waals surface area (Å²) in [6.45, 7) is 0. The van der Waals surface area contributed by atoms with Crippen LogP contribution in [0.15, 0.2) is 53.1 Å². The number of benzene rings is 2. The number of carbonyl (C=O) groups is 2. The van der Waals surface area contributed by atoms with Crippen molar-refractivity contribution in [3.63, 3.8) is 0 Å². The van der Waals surface area contributed by atoms with Gasteiger partial charge in [0.15, 0.2) is 0 Å². The molecule has 8 heteroatoms. The molecule has 0 radical (unpaired) electrons. The highest BCUT2D eigenvalue weighted by atomic mass is 79.9. The Morgan fingerprint density at radius 1 is 1.17 bits per heavy atom. The van der Waals surface area contributed by atoms with Crippen LogP contribution in [-0.2, 0) is 0 Å². The third kappa shape index (κ3) is 2.56. The van der Waals surface area contributed by atoms with Gasteiger partial charge in [-0.15, -0.1) is 0 Å². The topological polar surface area (TPSA) is 108 Å². The van der Waals surface area contributed by atoms with Gasteiger partial charge in [0.25, 0.3) is 17.5 Å². The van der Waals surface area contributed by atoms with Crippen molar-refractivity contribution in [2.24, 2.45) is 5.73 Å². The zero-order valence-corrected chi connectivity index (χ0v) is 13.7. The first-order chi connectivity index (χ1) is 11.4. The molecule has 0 aliphatic rings. The van der Waals surface area contributed by atoms with Crippen LogP contribution in [0.5, 0.6) is 0 Å². The molecule has 0 aliphatic carbocycles. The second kappa shape index (κ2) is 5.89. The quantitative estimate of drug-likeness (QED) is 0.549. The summed E-state index contributed by atoms with van der Waals surface area (Å²) in [5, 5.41) is 11.6. The van der Waals surface area contributed by atoms with Gasteiger partial charge >= 0.3 is 0 Å². The summed E-state index contributed by atoms with van der Waals surface area (Å²) in [5.74, 6) is -1.14. The Labute approximate surface area is 144 Å². The number of para-hydroxylation sites is 1. The maximum absolute atomic E-state index is 12.8. The monoisotopic (exact) mass is 387 g/mol. The SMILES string of the molecule is NC(=O)c1cn(C(=O)c2ccc(Br)c([N+](=O)[O-])c2)c2ccccc12. The van der Waals surface area contributed by atoms with Crippen molar-refractivity contribution in [1.29, 1.82) is 0 Å². The fourth-order valence-electron chi connectivity index (χ4n) is 2.47. The number of hydrogen-bond acceptors (Lipinski definition) is 4. The van der Waals surface area contributed by atoms with Crippen LogP contribution in [0.4, 0.5) is 5.69 Å².